The van der Waals surface area contributed by atoms with E-state index in [1.807, 2.05) is 19.2 Å². The fourth-order valence-electron chi connectivity index (χ4n) is 3.26. The van der Waals surface area contributed by atoms with Crippen molar-refractivity contribution in [2.75, 3.05) is 59.4 Å². The topological polar surface area (TPSA) is 42.9 Å². The molecule has 0 aliphatic carbocycles. The Hall–Kier alpha value is -1.30. The first-order chi connectivity index (χ1) is 12.6. The van der Waals surface area contributed by atoms with E-state index in [2.05, 4.69) is 51.4 Å². The molecule has 1 fully saturated rings. The molecule has 1 aromatic rings. The van der Waals surface area contributed by atoms with Crippen LogP contribution >= 0.6 is 11.6 Å². The van der Waals surface area contributed by atoms with E-state index in [1.165, 1.54) is 38.3 Å². The van der Waals surface area contributed by atoms with E-state index in [0.717, 1.165) is 37.0 Å². The van der Waals surface area contributed by atoms with E-state index < -0.39 is 0 Å². The van der Waals surface area contributed by atoms with Crippen LogP contribution in [0.3, 0.4) is 0 Å². The number of benzene rings is 1. The van der Waals surface area contributed by atoms with Gasteiger partial charge in [0.25, 0.3) is 0 Å². The first-order valence-electron chi connectivity index (χ1n) is 9.74. The maximum atomic E-state index is 5.92. The number of guanidine groups is 1. The summed E-state index contributed by atoms with van der Waals surface area (Å²) in [6, 6.07) is 8.01. The Bertz CT molecular complexity index is 538. The van der Waals surface area contributed by atoms with Gasteiger partial charge in [-0.05, 0) is 36.6 Å². The molecular formula is C20H34ClN5. The second kappa shape index (κ2) is 11.4. The van der Waals surface area contributed by atoms with Gasteiger partial charge in [0, 0.05) is 57.9 Å². The largest absolute Gasteiger partial charge is 0.356 e. The van der Waals surface area contributed by atoms with Gasteiger partial charge in [0.05, 0.1) is 0 Å². The maximum absolute atomic E-state index is 5.92. The fourth-order valence-corrected chi connectivity index (χ4v) is 3.39. The molecule has 1 aromatic carbocycles. The third kappa shape index (κ3) is 7.52. The maximum Gasteiger partial charge on any atom is 0.190 e. The van der Waals surface area contributed by atoms with Crippen LogP contribution in [0.5, 0.6) is 0 Å². The third-order valence-electron chi connectivity index (χ3n) is 4.94. The third-order valence-corrected chi connectivity index (χ3v) is 5.19. The Labute approximate surface area is 163 Å². The summed E-state index contributed by atoms with van der Waals surface area (Å²) in [5, 5.41) is 7.63. The lowest BCUT2D eigenvalue weighted by atomic mass is 10.1. The number of piperazine rings is 1. The summed E-state index contributed by atoms with van der Waals surface area (Å²) in [6.45, 7) is 13.4. The van der Waals surface area contributed by atoms with Crippen LogP contribution in [-0.2, 0) is 6.42 Å². The van der Waals surface area contributed by atoms with Crippen molar-refractivity contribution in [3.05, 3.63) is 34.9 Å². The van der Waals surface area contributed by atoms with Crippen LogP contribution in [0.4, 0.5) is 0 Å². The molecule has 146 valence electrons. The monoisotopic (exact) mass is 379 g/mol. The Morgan fingerprint density at radius 3 is 2.38 bits per heavy atom. The molecule has 1 saturated heterocycles. The Balaban J connectivity index is 1.62. The van der Waals surface area contributed by atoms with E-state index >= 15 is 0 Å². The van der Waals surface area contributed by atoms with Gasteiger partial charge in [0.2, 0.25) is 0 Å². The van der Waals surface area contributed by atoms with Crippen molar-refractivity contribution in [1.82, 2.24) is 20.4 Å². The first-order valence-corrected chi connectivity index (χ1v) is 10.1. The van der Waals surface area contributed by atoms with Gasteiger partial charge in [0.1, 0.15) is 0 Å². The van der Waals surface area contributed by atoms with Crippen molar-refractivity contribution in [1.29, 1.82) is 0 Å². The lowest BCUT2D eigenvalue weighted by molar-refractivity contribution is 0.124. The van der Waals surface area contributed by atoms with Crippen molar-refractivity contribution in [3.63, 3.8) is 0 Å². The summed E-state index contributed by atoms with van der Waals surface area (Å²) in [6.07, 6.45) is 0.954. The summed E-state index contributed by atoms with van der Waals surface area (Å²) in [5.74, 6) is 1.47. The van der Waals surface area contributed by atoms with Gasteiger partial charge in [-0.1, -0.05) is 37.6 Å². The first kappa shape index (κ1) is 21.0. The van der Waals surface area contributed by atoms with Gasteiger partial charge in [-0.25, -0.2) is 0 Å². The second-order valence-electron chi connectivity index (χ2n) is 7.10. The van der Waals surface area contributed by atoms with Gasteiger partial charge >= 0.3 is 0 Å². The molecule has 0 spiro atoms. The Morgan fingerprint density at radius 2 is 1.77 bits per heavy atom. The Kier molecular flexibility index (Phi) is 9.23. The lowest BCUT2D eigenvalue weighted by Gasteiger charge is -2.35. The number of likely N-dealkylation sites (N-methyl/N-ethyl adjacent to an activating group) is 1. The van der Waals surface area contributed by atoms with E-state index in [1.54, 1.807) is 0 Å². The lowest BCUT2D eigenvalue weighted by Crippen LogP contribution is -2.48. The number of nitrogens with zero attached hydrogens (tertiary/aromatic N) is 3. The zero-order valence-corrected chi connectivity index (χ0v) is 17.2. The number of aliphatic imine (C=N–C) groups is 1. The normalized spacial score (nSPS) is 17.9. The van der Waals surface area contributed by atoms with Crippen LogP contribution < -0.4 is 10.6 Å². The molecule has 1 aliphatic rings. The van der Waals surface area contributed by atoms with Crippen molar-refractivity contribution in [3.8, 4) is 0 Å². The minimum Gasteiger partial charge on any atom is -0.356 e. The number of hydrogen-bond donors (Lipinski definition) is 2. The average molecular weight is 380 g/mol. The highest BCUT2D eigenvalue weighted by atomic mass is 35.5. The molecule has 0 amide bonds. The number of nitrogens with one attached hydrogen (secondary N) is 2. The summed E-state index contributed by atoms with van der Waals surface area (Å²) in [7, 11) is 1.83. The molecule has 0 bridgehead atoms. The molecule has 1 heterocycles. The van der Waals surface area contributed by atoms with Crippen LogP contribution in [0.25, 0.3) is 0 Å². The smallest absolute Gasteiger partial charge is 0.190 e. The van der Waals surface area contributed by atoms with Crippen molar-refractivity contribution in [2.24, 2.45) is 10.9 Å². The summed E-state index contributed by atoms with van der Waals surface area (Å²) < 4.78 is 0. The number of rotatable bonds is 8. The quantitative estimate of drug-likeness (QED) is 0.537. The van der Waals surface area contributed by atoms with Crippen LogP contribution in [0.15, 0.2) is 29.3 Å². The molecule has 0 aromatic heterocycles. The summed E-state index contributed by atoms with van der Waals surface area (Å²) in [5.41, 5.74) is 1.27. The predicted molar refractivity (Wildman–Crippen MR) is 112 cm³/mol. The average Bonchev–Trinajstić information content (AvgIpc) is 2.66. The highest BCUT2D eigenvalue weighted by molar-refractivity contribution is 6.30. The number of hydrogen-bond acceptors (Lipinski definition) is 3. The van der Waals surface area contributed by atoms with E-state index in [9.17, 15) is 0 Å². The van der Waals surface area contributed by atoms with Gasteiger partial charge < -0.3 is 20.4 Å². The second-order valence-corrected chi connectivity index (χ2v) is 7.53. The van der Waals surface area contributed by atoms with E-state index in [-0.39, 0.29) is 0 Å². The van der Waals surface area contributed by atoms with Crippen LogP contribution in [-0.4, -0.2) is 75.2 Å². The number of halogens is 1. The van der Waals surface area contributed by atoms with Crippen molar-refractivity contribution >= 4 is 17.6 Å². The molecule has 6 heteroatoms. The SMILES string of the molecule is CCN1CCN(CC(C)CNC(=NC)NCCc2ccc(Cl)cc2)CC1. The zero-order chi connectivity index (χ0) is 18.8. The highest BCUT2D eigenvalue weighted by Crippen LogP contribution is 2.09. The van der Waals surface area contributed by atoms with E-state index in [4.69, 9.17) is 11.6 Å². The van der Waals surface area contributed by atoms with Crippen LogP contribution in [0.1, 0.15) is 19.4 Å². The van der Waals surface area contributed by atoms with Gasteiger partial charge in [-0.3, -0.25) is 4.99 Å². The van der Waals surface area contributed by atoms with Crippen LogP contribution in [0, 0.1) is 5.92 Å². The molecule has 1 unspecified atom stereocenters. The molecule has 5 nitrogen and oxygen atoms in total. The molecule has 0 saturated carbocycles. The molecule has 1 aliphatic heterocycles. The molecule has 0 radical (unpaired) electrons. The van der Waals surface area contributed by atoms with Gasteiger partial charge in [-0.15, -0.1) is 0 Å². The molecule has 2 rings (SSSR count). The summed E-state index contributed by atoms with van der Waals surface area (Å²) >= 11 is 5.92. The highest BCUT2D eigenvalue weighted by Gasteiger charge is 2.17. The zero-order valence-electron chi connectivity index (χ0n) is 16.5. The minimum atomic E-state index is 0.595. The van der Waals surface area contributed by atoms with E-state index in [0.29, 0.717) is 5.92 Å². The standard InChI is InChI=1S/C20H34ClN5/c1-4-25-11-13-26(14-12-25)16-17(2)15-24-20(22-3)23-10-9-18-5-7-19(21)8-6-18/h5-8,17H,4,9-16H2,1-3H3,(H2,22,23,24). The predicted octanol–water partition coefficient (Wildman–Crippen LogP) is 2.32. The minimum absolute atomic E-state index is 0.595. The molecule has 2 N–H and O–H groups in total. The van der Waals surface area contributed by atoms with Crippen molar-refractivity contribution in [2.45, 2.75) is 20.3 Å². The van der Waals surface area contributed by atoms with Gasteiger partial charge in [0.15, 0.2) is 5.96 Å². The fraction of sp³-hybridized carbons (Fsp3) is 0.650. The van der Waals surface area contributed by atoms with Crippen LogP contribution in [0.2, 0.25) is 5.02 Å². The Morgan fingerprint density at radius 1 is 1.12 bits per heavy atom. The van der Waals surface area contributed by atoms with Gasteiger partial charge in [-0.2, -0.15) is 0 Å². The van der Waals surface area contributed by atoms with Crippen molar-refractivity contribution < 1.29 is 0 Å². The molecular weight excluding hydrogens is 346 g/mol. The summed E-state index contributed by atoms with van der Waals surface area (Å²) in [4.78, 5) is 9.42. The molecule has 1 atom stereocenters. The molecule has 26 heavy (non-hydrogen) atoms.